The monoisotopic (exact) mass is 329 g/mol. The molecule has 112 valence electrons. The Bertz CT molecular complexity index is 721. The molecule has 0 aromatic carbocycles. The van der Waals surface area contributed by atoms with Crippen LogP contribution in [0.1, 0.15) is 0 Å². The highest BCUT2D eigenvalue weighted by Gasteiger charge is 2.27. The van der Waals surface area contributed by atoms with Gasteiger partial charge < -0.3 is 30.3 Å². The molecule has 2 aromatic rings. The summed E-state index contributed by atoms with van der Waals surface area (Å²) in [6, 6.07) is 0. The van der Waals surface area contributed by atoms with Crippen molar-refractivity contribution in [3.8, 4) is 0 Å². The molecular weight excluding hydrogens is 320 g/mol. The third-order valence-electron chi connectivity index (χ3n) is 1.53. The number of aromatic amines is 2. The highest BCUT2D eigenvalue weighted by Crippen LogP contribution is 2.53. The third kappa shape index (κ3) is 5.59. The maximum absolute atomic E-state index is 11.0. The van der Waals surface area contributed by atoms with Crippen molar-refractivity contribution in [3.63, 3.8) is 0 Å². The summed E-state index contributed by atoms with van der Waals surface area (Å²) in [7, 11) is -10.1. The van der Waals surface area contributed by atoms with Gasteiger partial charge in [-0.3, -0.25) is 9.78 Å². The first kappa shape index (κ1) is 16.5. The number of nitrogens with two attached hydrogens (primary N) is 1. The summed E-state index contributed by atoms with van der Waals surface area (Å²) < 4.78 is 22.2. The average molecular weight is 329 g/mol. The molecule has 0 aliphatic heterocycles. The lowest BCUT2D eigenvalue weighted by Gasteiger charge is -2.03. The van der Waals surface area contributed by atoms with E-state index in [1.165, 1.54) is 6.33 Å². The predicted octanol–water partition coefficient (Wildman–Crippen LogP) is -1.58. The summed E-state index contributed by atoms with van der Waals surface area (Å²) in [4.78, 5) is 54.5. The minimum atomic E-state index is -5.05. The number of hydrogen-bond acceptors (Lipinski definition) is 7. The van der Waals surface area contributed by atoms with Crippen LogP contribution >= 0.6 is 15.6 Å². The lowest BCUT2D eigenvalue weighted by molar-refractivity contribution is 0.225. The van der Waals surface area contributed by atoms with Crippen LogP contribution < -0.4 is 11.3 Å². The predicted molar refractivity (Wildman–Crippen MR) is 64.1 cm³/mol. The molecule has 0 bridgehead atoms. The number of nitrogens with zero attached hydrogens (tertiary/aromatic N) is 2. The number of anilines is 1. The van der Waals surface area contributed by atoms with Gasteiger partial charge in [0.25, 0.3) is 5.56 Å². The van der Waals surface area contributed by atoms with Gasteiger partial charge in [0.15, 0.2) is 11.2 Å². The topological polar surface area (TPSA) is 225 Å². The summed E-state index contributed by atoms with van der Waals surface area (Å²) in [5, 5.41) is 0. The zero-order valence-electron chi connectivity index (χ0n) is 9.37. The van der Waals surface area contributed by atoms with Crippen LogP contribution in [0.15, 0.2) is 11.1 Å². The second-order valence-electron chi connectivity index (χ2n) is 3.12. The Morgan fingerprint density at radius 1 is 1.20 bits per heavy atom. The summed E-state index contributed by atoms with van der Waals surface area (Å²) in [6.45, 7) is 0. The summed E-state index contributed by atoms with van der Waals surface area (Å²) in [6.07, 6.45) is 1.40. The molecule has 8 N–H and O–H groups in total. The smallest absolute Gasteiger partial charge is 0.369 e. The number of aromatic nitrogens is 4. The maximum atomic E-state index is 11.0. The van der Waals surface area contributed by atoms with Gasteiger partial charge in [-0.15, -0.1) is 0 Å². The van der Waals surface area contributed by atoms with E-state index in [9.17, 15) is 13.9 Å². The molecule has 0 fully saturated rings. The second kappa shape index (κ2) is 5.81. The summed E-state index contributed by atoms with van der Waals surface area (Å²) in [5.74, 6) is 0.0783. The highest BCUT2D eigenvalue weighted by molar-refractivity contribution is 7.60. The zero-order chi connectivity index (χ0) is 15.6. The minimum Gasteiger partial charge on any atom is -0.369 e. The largest absolute Gasteiger partial charge is 0.478 e. The normalized spacial score (nSPS) is 12.0. The van der Waals surface area contributed by atoms with Crippen LogP contribution in [0.2, 0.25) is 0 Å². The highest BCUT2D eigenvalue weighted by atomic mass is 31.3. The van der Waals surface area contributed by atoms with Crippen LogP contribution in [0.3, 0.4) is 0 Å². The molecule has 20 heavy (non-hydrogen) atoms. The average Bonchev–Trinajstić information content (AvgIpc) is 2.59. The molecule has 0 unspecified atom stereocenters. The molecule has 0 saturated heterocycles. The molecule has 0 amide bonds. The van der Waals surface area contributed by atoms with Crippen LogP contribution in [0.4, 0.5) is 5.95 Å². The Balaban J connectivity index is 0.000000206. The quantitative estimate of drug-likeness (QED) is 0.311. The van der Waals surface area contributed by atoms with E-state index in [4.69, 9.17) is 25.3 Å². The molecule has 0 radical (unpaired) electrons. The van der Waals surface area contributed by atoms with Gasteiger partial charge in [-0.25, -0.2) is 14.1 Å². The molecule has 0 atom stereocenters. The lowest BCUT2D eigenvalue weighted by atomic mass is 10.5. The number of nitrogen functional groups attached to an aromatic ring is 1. The number of H-pyrrole nitrogens is 2. The molecule has 0 spiro atoms. The van der Waals surface area contributed by atoms with Crippen molar-refractivity contribution in [2.45, 2.75) is 0 Å². The van der Waals surface area contributed by atoms with Gasteiger partial charge in [0.2, 0.25) is 5.95 Å². The van der Waals surface area contributed by atoms with E-state index in [-0.39, 0.29) is 11.5 Å². The molecule has 13 nitrogen and oxygen atoms in total. The first-order valence-corrected chi connectivity index (χ1v) is 7.55. The second-order valence-corrected chi connectivity index (χ2v) is 5.73. The van der Waals surface area contributed by atoms with Crippen LogP contribution in [0, 0.1) is 0 Å². The van der Waals surface area contributed by atoms with Crippen molar-refractivity contribution in [1.29, 1.82) is 0 Å². The van der Waals surface area contributed by atoms with Crippen molar-refractivity contribution in [2.24, 2.45) is 0 Å². The van der Waals surface area contributed by atoms with E-state index >= 15 is 0 Å². The van der Waals surface area contributed by atoms with Crippen LogP contribution in [-0.2, 0) is 13.4 Å². The van der Waals surface area contributed by atoms with E-state index in [0.29, 0.717) is 11.2 Å². The SMILES string of the molecule is Nc1nc2nc[nH]c2c(=O)[nH]1.O=P(O)(O)OP(=O)(O)O. The standard InChI is InChI=1S/C5H5N5O.H4O7P2/c6-5-9-3-2(4(11)10-5)7-1-8-3;1-8(2,3)7-9(4,5)6/h1H,(H4,6,7,8,9,10,11);(H2,1,2,3)(H2,4,5,6). The first-order chi connectivity index (χ1) is 8.98. The molecule has 2 rings (SSSR count). The minimum absolute atomic E-state index is 0.0783. The number of imidazole rings is 1. The van der Waals surface area contributed by atoms with Crippen LogP contribution in [0.5, 0.6) is 0 Å². The molecule has 0 aliphatic rings. The Morgan fingerprint density at radius 2 is 1.75 bits per heavy atom. The van der Waals surface area contributed by atoms with Gasteiger partial charge in [0.1, 0.15) is 0 Å². The van der Waals surface area contributed by atoms with Crippen molar-refractivity contribution in [2.75, 3.05) is 5.73 Å². The fourth-order valence-corrected chi connectivity index (χ4v) is 2.11. The van der Waals surface area contributed by atoms with Gasteiger partial charge in [0.05, 0.1) is 6.33 Å². The number of fused-ring (bicyclic) bond motifs is 1. The lowest BCUT2D eigenvalue weighted by Crippen LogP contribution is -2.10. The van der Waals surface area contributed by atoms with E-state index in [0.717, 1.165) is 0 Å². The van der Waals surface area contributed by atoms with E-state index < -0.39 is 15.6 Å². The summed E-state index contributed by atoms with van der Waals surface area (Å²) >= 11 is 0. The molecule has 0 aliphatic carbocycles. The van der Waals surface area contributed by atoms with Crippen molar-refractivity contribution in [1.82, 2.24) is 19.9 Å². The molecule has 2 heterocycles. The Hall–Kier alpha value is -1.59. The number of hydrogen-bond donors (Lipinski definition) is 7. The molecule has 15 heteroatoms. The molecule has 2 aromatic heterocycles. The van der Waals surface area contributed by atoms with Gasteiger partial charge in [-0.2, -0.15) is 9.29 Å². The maximum Gasteiger partial charge on any atom is 0.478 e. The van der Waals surface area contributed by atoms with Gasteiger partial charge in [-0.1, -0.05) is 0 Å². The fourth-order valence-electron chi connectivity index (χ4n) is 0.998. The van der Waals surface area contributed by atoms with Crippen LogP contribution in [-0.4, -0.2) is 39.5 Å². The Morgan fingerprint density at radius 3 is 2.20 bits per heavy atom. The van der Waals surface area contributed by atoms with Crippen molar-refractivity contribution < 1.29 is 33.0 Å². The number of nitrogens with one attached hydrogen (secondary N) is 2. The molecular formula is C5H9N5O8P2. The Labute approximate surface area is 109 Å². The van der Waals surface area contributed by atoms with Gasteiger partial charge in [-0.05, 0) is 0 Å². The van der Waals surface area contributed by atoms with E-state index in [1.807, 2.05) is 0 Å². The number of rotatable bonds is 2. The van der Waals surface area contributed by atoms with Crippen molar-refractivity contribution >= 4 is 32.8 Å². The van der Waals surface area contributed by atoms with Gasteiger partial charge in [0, 0.05) is 0 Å². The van der Waals surface area contributed by atoms with Gasteiger partial charge >= 0.3 is 15.6 Å². The van der Waals surface area contributed by atoms with Crippen LogP contribution in [0.25, 0.3) is 11.2 Å². The number of phosphoric acid groups is 2. The third-order valence-corrected chi connectivity index (χ3v) is 3.23. The Kier molecular flexibility index (Phi) is 4.78. The van der Waals surface area contributed by atoms with E-state index in [2.05, 4.69) is 24.2 Å². The molecule has 0 saturated carbocycles. The fraction of sp³-hybridized carbons (Fsp3) is 0. The van der Waals surface area contributed by atoms with Crippen molar-refractivity contribution in [3.05, 3.63) is 16.7 Å². The van der Waals surface area contributed by atoms with E-state index in [1.54, 1.807) is 0 Å². The first-order valence-electron chi connectivity index (χ1n) is 4.49. The zero-order valence-corrected chi connectivity index (χ0v) is 11.2. The summed E-state index contributed by atoms with van der Waals surface area (Å²) in [5.41, 5.74) is 5.65.